The Morgan fingerprint density at radius 3 is 2.64 bits per heavy atom. The molecule has 7 nitrogen and oxygen atoms in total. The van der Waals surface area contributed by atoms with Crippen LogP contribution in [0.2, 0.25) is 0 Å². The zero-order valence-corrected chi connectivity index (χ0v) is 17.8. The van der Waals surface area contributed by atoms with Crippen molar-refractivity contribution in [2.24, 2.45) is 5.92 Å². The number of nitrogens with one attached hydrogen (secondary N) is 2. The first-order chi connectivity index (χ1) is 13.3. The van der Waals surface area contributed by atoms with E-state index < -0.39 is 10.0 Å². The summed E-state index contributed by atoms with van der Waals surface area (Å²) in [5, 5.41) is 2.89. The van der Waals surface area contributed by atoms with Crippen molar-refractivity contribution in [2.75, 3.05) is 39.6 Å². The quantitative estimate of drug-likeness (QED) is 0.737. The van der Waals surface area contributed by atoms with Gasteiger partial charge in [0.05, 0.1) is 30.3 Å². The number of nitrogens with zero attached hydrogens (tertiary/aromatic N) is 1. The molecule has 1 heterocycles. The van der Waals surface area contributed by atoms with Crippen LogP contribution in [0, 0.1) is 5.92 Å². The number of hydrogen-bond acceptors (Lipinski definition) is 4. The Labute approximate surface area is 168 Å². The van der Waals surface area contributed by atoms with Crippen molar-refractivity contribution in [2.45, 2.75) is 49.5 Å². The predicted molar refractivity (Wildman–Crippen MR) is 108 cm³/mol. The third-order valence-electron chi connectivity index (χ3n) is 6.12. The highest BCUT2D eigenvalue weighted by molar-refractivity contribution is 7.89. The van der Waals surface area contributed by atoms with Crippen LogP contribution >= 0.6 is 0 Å². The van der Waals surface area contributed by atoms with Gasteiger partial charge in [0, 0.05) is 20.0 Å². The van der Waals surface area contributed by atoms with E-state index >= 15 is 0 Å². The van der Waals surface area contributed by atoms with Gasteiger partial charge in [-0.05, 0) is 50.3 Å². The normalized spacial score (nSPS) is 25.2. The molecule has 0 aromatic heterocycles. The molecule has 1 saturated carbocycles. The number of carbonyl (C=O) groups excluding carboxylic acids is 1. The summed E-state index contributed by atoms with van der Waals surface area (Å²) >= 11 is 0. The minimum absolute atomic E-state index is 0.0982. The molecular formula is C20H32N3O4S+. The molecule has 1 amide bonds. The van der Waals surface area contributed by atoms with Gasteiger partial charge in [-0.1, -0.05) is 6.42 Å². The molecule has 0 bridgehead atoms. The summed E-state index contributed by atoms with van der Waals surface area (Å²) in [5.74, 6) is 1.10. The summed E-state index contributed by atoms with van der Waals surface area (Å²) in [6.07, 6.45) is 7.51. The van der Waals surface area contributed by atoms with Crippen molar-refractivity contribution >= 4 is 21.6 Å². The lowest BCUT2D eigenvalue weighted by Crippen LogP contribution is -3.18. The van der Waals surface area contributed by atoms with Gasteiger partial charge in [-0.2, -0.15) is 0 Å². The van der Waals surface area contributed by atoms with Crippen LogP contribution in [0.5, 0.6) is 5.75 Å². The number of piperidine rings is 1. The lowest BCUT2D eigenvalue weighted by molar-refractivity contribution is -0.928. The lowest BCUT2D eigenvalue weighted by atomic mass is 9.78. The molecule has 28 heavy (non-hydrogen) atoms. The first-order valence-corrected chi connectivity index (χ1v) is 11.5. The van der Waals surface area contributed by atoms with Crippen LogP contribution in [0.15, 0.2) is 23.1 Å². The second-order valence-electron chi connectivity index (χ2n) is 8.08. The average molecular weight is 411 g/mol. The second-order valence-corrected chi connectivity index (χ2v) is 10.2. The van der Waals surface area contributed by atoms with Crippen LogP contribution < -0.4 is 15.0 Å². The molecule has 0 spiro atoms. The number of sulfonamides is 1. The van der Waals surface area contributed by atoms with E-state index in [-0.39, 0.29) is 10.8 Å². The van der Waals surface area contributed by atoms with Gasteiger partial charge >= 0.3 is 0 Å². The monoisotopic (exact) mass is 410 g/mol. The Hall–Kier alpha value is -1.64. The molecular weight excluding hydrogens is 378 g/mol. The van der Waals surface area contributed by atoms with Crippen LogP contribution in [0.1, 0.15) is 38.5 Å². The molecule has 0 radical (unpaired) electrons. The molecule has 2 fully saturated rings. The zero-order valence-electron chi connectivity index (χ0n) is 17.0. The third-order valence-corrected chi connectivity index (χ3v) is 7.93. The summed E-state index contributed by atoms with van der Waals surface area (Å²) in [6, 6.07) is 5.13. The smallest absolute Gasteiger partial charge is 0.279 e. The molecule has 1 aliphatic carbocycles. The minimum atomic E-state index is -3.58. The summed E-state index contributed by atoms with van der Waals surface area (Å²) in [4.78, 5) is 14.3. The number of likely N-dealkylation sites (tertiary alicyclic amines) is 1. The van der Waals surface area contributed by atoms with Gasteiger partial charge in [0.2, 0.25) is 10.0 Å². The van der Waals surface area contributed by atoms with Gasteiger partial charge in [-0.15, -0.1) is 0 Å². The third kappa shape index (κ3) is 4.50. The number of quaternary nitrogens is 1. The topological polar surface area (TPSA) is 80.2 Å². The van der Waals surface area contributed by atoms with E-state index in [1.165, 1.54) is 76.8 Å². The van der Waals surface area contributed by atoms with Crippen molar-refractivity contribution < 1.29 is 22.8 Å². The van der Waals surface area contributed by atoms with Gasteiger partial charge in [0.25, 0.3) is 5.91 Å². The molecule has 2 N–H and O–H groups in total. The highest BCUT2D eigenvalue weighted by atomic mass is 32.2. The predicted octanol–water partition coefficient (Wildman–Crippen LogP) is 1.12. The van der Waals surface area contributed by atoms with Crippen molar-refractivity contribution in [3.8, 4) is 5.75 Å². The number of benzene rings is 1. The maximum absolute atomic E-state index is 12.8. The van der Waals surface area contributed by atoms with Gasteiger partial charge < -0.3 is 15.0 Å². The number of anilines is 1. The number of methoxy groups -OCH3 is 1. The summed E-state index contributed by atoms with van der Waals surface area (Å²) < 4.78 is 31.3. The molecule has 1 aromatic rings. The molecule has 2 aliphatic rings. The number of carbonyl (C=O) groups is 1. The van der Waals surface area contributed by atoms with E-state index in [0.29, 0.717) is 24.0 Å². The fraction of sp³-hybridized carbons (Fsp3) is 0.650. The SMILES string of the molecule is COc1ccc(S(=O)(=O)N(C)C)cc1NC(=O)C[NH+]1CCC[C@H]2CCCC[C@@H]21. The van der Waals surface area contributed by atoms with E-state index in [1.54, 1.807) is 6.07 Å². The number of amides is 1. The Bertz CT molecular complexity index is 808. The molecule has 3 rings (SSSR count). The van der Waals surface area contributed by atoms with Gasteiger partial charge in [-0.25, -0.2) is 12.7 Å². The van der Waals surface area contributed by atoms with E-state index in [1.807, 2.05) is 0 Å². The van der Waals surface area contributed by atoms with Gasteiger partial charge in [0.15, 0.2) is 6.54 Å². The molecule has 8 heteroatoms. The van der Waals surface area contributed by atoms with E-state index in [4.69, 9.17) is 4.74 Å². The number of fused-ring (bicyclic) bond motifs is 1. The van der Waals surface area contributed by atoms with Crippen LogP contribution in [0.3, 0.4) is 0 Å². The highest BCUT2D eigenvalue weighted by Gasteiger charge is 2.37. The molecule has 156 valence electrons. The fourth-order valence-corrected chi connectivity index (χ4v) is 5.57. The van der Waals surface area contributed by atoms with E-state index in [9.17, 15) is 13.2 Å². The molecule has 1 unspecified atom stereocenters. The standard InChI is InChI=1S/C20H31N3O4S/c1-22(2)28(25,26)16-10-11-19(27-3)17(13-16)21-20(24)14-23-12-6-8-15-7-4-5-9-18(15)23/h10-11,13,15,18H,4-9,12,14H2,1-3H3,(H,21,24)/p+1/t15-,18+/m1/s1. The minimum Gasteiger partial charge on any atom is -0.495 e. The van der Waals surface area contributed by atoms with E-state index in [0.717, 1.165) is 16.8 Å². The number of hydrogen-bond donors (Lipinski definition) is 2. The highest BCUT2D eigenvalue weighted by Crippen LogP contribution is 2.29. The van der Waals surface area contributed by atoms with Crippen molar-refractivity contribution in [3.05, 3.63) is 18.2 Å². The van der Waals surface area contributed by atoms with Crippen LogP contribution in [-0.4, -0.2) is 59.0 Å². The summed E-state index contributed by atoms with van der Waals surface area (Å²) in [5.41, 5.74) is 0.395. The van der Waals surface area contributed by atoms with Gasteiger partial charge in [0.1, 0.15) is 5.75 Å². The molecule has 1 saturated heterocycles. The average Bonchev–Trinajstić information content (AvgIpc) is 2.68. The maximum atomic E-state index is 12.8. The largest absolute Gasteiger partial charge is 0.495 e. The number of ether oxygens (including phenoxy) is 1. The van der Waals surface area contributed by atoms with E-state index in [2.05, 4.69) is 5.32 Å². The van der Waals surface area contributed by atoms with Crippen molar-refractivity contribution in [3.63, 3.8) is 0 Å². The first kappa shape index (κ1) is 21.1. The van der Waals surface area contributed by atoms with Crippen LogP contribution in [0.4, 0.5) is 5.69 Å². The Morgan fingerprint density at radius 1 is 1.21 bits per heavy atom. The molecule has 1 aliphatic heterocycles. The Kier molecular flexibility index (Phi) is 6.62. The second kappa shape index (κ2) is 8.80. The van der Waals surface area contributed by atoms with Gasteiger partial charge in [-0.3, -0.25) is 4.79 Å². The van der Waals surface area contributed by atoms with Crippen LogP contribution in [0.25, 0.3) is 0 Å². The van der Waals surface area contributed by atoms with Crippen molar-refractivity contribution in [1.82, 2.24) is 4.31 Å². The summed E-state index contributed by atoms with van der Waals surface area (Å²) in [7, 11) is 0.894. The van der Waals surface area contributed by atoms with Crippen molar-refractivity contribution in [1.29, 1.82) is 0 Å². The molecule has 3 atom stereocenters. The number of rotatable bonds is 6. The van der Waals surface area contributed by atoms with Crippen LogP contribution in [-0.2, 0) is 14.8 Å². The zero-order chi connectivity index (χ0) is 20.3. The fourth-order valence-electron chi connectivity index (χ4n) is 4.64. The molecule has 1 aromatic carbocycles. The lowest BCUT2D eigenvalue weighted by Gasteiger charge is -2.40. The Balaban J connectivity index is 1.74. The Morgan fingerprint density at radius 2 is 1.93 bits per heavy atom. The maximum Gasteiger partial charge on any atom is 0.279 e. The first-order valence-electron chi connectivity index (χ1n) is 10.1. The summed E-state index contributed by atoms with van der Waals surface area (Å²) in [6.45, 7) is 1.44.